The van der Waals surface area contributed by atoms with E-state index in [1.807, 2.05) is 0 Å². The highest BCUT2D eigenvalue weighted by atomic mass is 35.5. The fourth-order valence-electron chi connectivity index (χ4n) is 1.78. The molecule has 1 aromatic carbocycles. The molecule has 0 radical (unpaired) electrons. The summed E-state index contributed by atoms with van der Waals surface area (Å²) in [4.78, 5) is 23.9. The second kappa shape index (κ2) is 4.25. The topological polar surface area (TPSA) is 66.8 Å². The SMILES string of the molecule is CC(=O)N1CCOc2c(C(=O)O)cc(Cl)cc21. The maximum Gasteiger partial charge on any atom is 0.339 e. The highest BCUT2D eigenvalue weighted by molar-refractivity contribution is 6.31. The average Bonchev–Trinajstić information content (AvgIpc) is 2.26. The summed E-state index contributed by atoms with van der Waals surface area (Å²) in [5.41, 5.74) is 0.382. The Kier molecular flexibility index (Phi) is 2.93. The second-order valence-corrected chi connectivity index (χ2v) is 4.06. The van der Waals surface area contributed by atoms with E-state index < -0.39 is 5.97 Å². The number of carboxylic acids is 1. The first-order valence-corrected chi connectivity index (χ1v) is 5.36. The first-order valence-electron chi connectivity index (χ1n) is 4.98. The van der Waals surface area contributed by atoms with Crippen LogP contribution in [0.4, 0.5) is 5.69 Å². The van der Waals surface area contributed by atoms with Crippen molar-refractivity contribution >= 4 is 29.2 Å². The molecule has 1 amide bonds. The minimum Gasteiger partial charge on any atom is -0.489 e. The molecule has 0 aliphatic carbocycles. The Labute approximate surface area is 103 Å². The van der Waals surface area contributed by atoms with Gasteiger partial charge in [0.05, 0.1) is 12.2 Å². The van der Waals surface area contributed by atoms with E-state index in [1.54, 1.807) is 0 Å². The molecular formula is C11H10ClNO4. The van der Waals surface area contributed by atoms with Crippen molar-refractivity contribution < 1.29 is 19.4 Å². The van der Waals surface area contributed by atoms with E-state index in [1.165, 1.54) is 24.0 Å². The molecule has 1 heterocycles. The molecule has 2 rings (SSSR count). The van der Waals surface area contributed by atoms with Gasteiger partial charge in [-0.2, -0.15) is 0 Å². The van der Waals surface area contributed by atoms with Crippen LogP contribution in [0.25, 0.3) is 0 Å². The number of carbonyl (C=O) groups excluding carboxylic acids is 1. The monoisotopic (exact) mass is 255 g/mol. The van der Waals surface area contributed by atoms with E-state index in [0.717, 1.165) is 0 Å². The van der Waals surface area contributed by atoms with Crippen LogP contribution < -0.4 is 9.64 Å². The zero-order chi connectivity index (χ0) is 12.6. The van der Waals surface area contributed by atoms with Crippen molar-refractivity contribution in [3.8, 4) is 5.75 Å². The predicted octanol–water partition coefficient (Wildman–Crippen LogP) is 1.78. The van der Waals surface area contributed by atoms with E-state index in [4.69, 9.17) is 21.4 Å². The zero-order valence-corrected chi connectivity index (χ0v) is 9.82. The van der Waals surface area contributed by atoms with Crippen LogP contribution in [0.3, 0.4) is 0 Å². The fourth-order valence-corrected chi connectivity index (χ4v) is 1.99. The van der Waals surface area contributed by atoms with Crippen molar-refractivity contribution in [2.75, 3.05) is 18.1 Å². The molecule has 0 atom stereocenters. The van der Waals surface area contributed by atoms with Crippen LogP contribution in [0.1, 0.15) is 17.3 Å². The van der Waals surface area contributed by atoms with Gasteiger partial charge in [0, 0.05) is 11.9 Å². The molecule has 0 bridgehead atoms. The molecule has 0 fully saturated rings. The maximum absolute atomic E-state index is 11.4. The van der Waals surface area contributed by atoms with Crippen molar-refractivity contribution in [2.24, 2.45) is 0 Å². The Hall–Kier alpha value is -1.75. The van der Waals surface area contributed by atoms with E-state index in [0.29, 0.717) is 12.2 Å². The van der Waals surface area contributed by atoms with E-state index in [2.05, 4.69) is 0 Å². The van der Waals surface area contributed by atoms with Crippen LogP contribution >= 0.6 is 11.6 Å². The summed E-state index contributed by atoms with van der Waals surface area (Å²) >= 11 is 5.84. The molecule has 1 aliphatic rings. The van der Waals surface area contributed by atoms with Crippen LogP contribution in [-0.4, -0.2) is 30.1 Å². The Balaban J connectivity index is 2.62. The fraction of sp³-hybridized carbons (Fsp3) is 0.273. The average molecular weight is 256 g/mol. The number of benzene rings is 1. The molecule has 0 saturated heterocycles. The highest BCUT2D eigenvalue weighted by Crippen LogP contribution is 2.37. The number of fused-ring (bicyclic) bond motifs is 1. The number of rotatable bonds is 1. The lowest BCUT2D eigenvalue weighted by Gasteiger charge is -2.29. The standard InChI is InChI=1S/C11H10ClNO4/c1-6(14)13-2-3-17-10-8(11(15)16)4-7(12)5-9(10)13/h4-5H,2-3H2,1H3,(H,15,16). The van der Waals surface area contributed by atoms with Gasteiger partial charge in [-0.15, -0.1) is 0 Å². The number of hydrogen-bond acceptors (Lipinski definition) is 3. The second-order valence-electron chi connectivity index (χ2n) is 3.63. The van der Waals surface area contributed by atoms with Gasteiger partial charge >= 0.3 is 5.97 Å². The summed E-state index contributed by atoms with van der Waals surface area (Å²) in [6.07, 6.45) is 0. The van der Waals surface area contributed by atoms with Gasteiger partial charge in [-0.3, -0.25) is 4.79 Å². The largest absolute Gasteiger partial charge is 0.489 e. The molecule has 0 unspecified atom stereocenters. The van der Waals surface area contributed by atoms with Gasteiger partial charge in [0.1, 0.15) is 12.2 Å². The van der Waals surface area contributed by atoms with Crippen molar-refractivity contribution in [2.45, 2.75) is 6.92 Å². The van der Waals surface area contributed by atoms with Crippen LogP contribution in [0.15, 0.2) is 12.1 Å². The smallest absolute Gasteiger partial charge is 0.339 e. The lowest BCUT2D eigenvalue weighted by atomic mass is 10.1. The van der Waals surface area contributed by atoms with E-state index >= 15 is 0 Å². The molecule has 90 valence electrons. The Bertz CT molecular complexity index is 500. The van der Waals surface area contributed by atoms with Crippen molar-refractivity contribution in [1.82, 2.24) is 0 Å². The van der Waals surface area contributed by atoms with Gasteiger partial charge in [0.2, 0.25) is 5.91 Å². The number of ether oxygens (including phenoxy) is 1. The number of nitrogens with zero attached hydrogens (tertiary/aromatic N) is 1. The molecule has 1 aliphatic heterocycles. The van der Waals surface area contributed by atoms with Crippen molar-refractivity contribution in [3.05, 3.63) is 22.7 Å². The van der Waals surface area contributed by atoms with Crippen LogP contribution in [0.2, 0.25) is 5.02 Å². The van der Waals surface area contributed by atoms with Crippen molar-refractivity contribution in [1.29, 1.82) is 0 Å². The third-order valence-corrected chi connectivity index (χ3v) is 2.71. The van der Waals surface area contributed by atoms with Crippen molar-refractivity contribution in [3.63, 3.8) is 0 Å². The van der Waals surface area contributed by atoms with E-state index in [-0.39, 0.29) is 28.8 Å². The number of aromatic carboxylic acids is 1. The van der Waals surface area contributed by atoms with Gasteiger partial charge < -0.3 is 14.7 Å². The summed E-state index contributed by atoms with van der Waals surface area (Å²) in [7, 11) is 0. The van der Waals surface area contributed by atoms with Gasteiger partial charge in [0.15, 0.2) is 5.75 Å². The van der Waals surface area contributed by atoms with Crippen LogP contribution in [0.5, 0.6) is 5.75 Å². The first kappa shape index (κ1) is 11.7. The normalized spacial score (nSPS) is 13.9. The third kappa shape index (κ3) is 2.06. The first-order chi connectivity index (χ1) is 8.00. The molecular weight excluding hydrogens is 246 g/mol. The Morgan fingerprint density at radius 3 is 2.76 bits per heavy atom. The van der Waals surface area contributed by atoms with Gasteiger partial charge in [-0.25, -0.2) is 4.79 Å². The summed E-state index contributed by atoms with van der Waals surface area (Å²) in [6, 6.07) is 2.84. The third-order valence-electron chi connectivity index (χ3n) is 2.50. The Morgan fingerprint density at radius 2 is 2.18 bits per heavy atom. The molecule has 0 spiro atoms. The van der Waals surface area contributed by atoms with Crippen LogP contribution in [0, 0.1) is 0 Å². The lowest BCUT2D eigenvalue weighted by Crippen LogP contribution is -2.36. The number of anilines is 1. The zero-order valence-electron chi connectivity index (χ0n) is 9.07. The molecule has 0 saturated carbocycles. The van der Waals surface area contributed by atoms with Gasteiger partial charge in [-0.1, -0.05) is 11.6 Å². The Morgan fingerprint density at radius 1 is 1.47 bits per heavy atom. The lowest BCUT2D eigenvalue weighted by molar-refractivity contribution is -0.116. The van der Waals surface area contributed by atoms with Gasteiger partial charge in [-0.05, 0) is 12.1 Å². The number of hydrogen-bond donors (Lipinski definition) is 1. The van der Waals surface area contributed by atoms with Crippen LogP contribution in [-0.2, 0) is 4.79 Å². The molecule has 5 nitrogen and oxygen atoms in total. The molecule has 1 N–H and O–H groups in total. The minimum absolute atomic E-state index is 0.0292. The molecule has 0 aromatic heterocycles. The summed E-state index contributed by atoms with van der Waals surface area (Å²) < 4.78 is 5.32. The molecule has 1 aromatic rings. The summed E-state index contributed by atoms with van der Waals surface area (Å²) in [5, 5.41) is 9.31. The van der Waals surface area contributed by atoms with Gasteiger partial charge in [0.25, 0.3) is 0 Å². The number of carbonyl (C=O) groups is 2. The minimum atomic E-state index is -1.13. The maximum atomic E-state index is 11.4. The highest BCUT2D eigenvalue weighted by Gasteiger charge is 2.26. The summed E-state index contributed by atoms with van der Waals surface area (Å²) in [5.74, 6) is -1.11. The number of halogens is 1. The molecule has 6 heteroatoms. The van der Waals surface area contributed by atoms with E-state index in [9.17, 15) is 9.59 Å². The summed E-state index contributed by atoms with van der Waals surface area (Å²) in [6.45, 7) is 2.08. The quantitative estimate of drug-likeness (QED) is 0.831. The number of carboxylic acid groups (broad SMARTS) is 1. The molecule has 17 heavy (non-hydrogen) atoms. The predicted molar refractivity (Wildman–Crippen MR) is 61.9 cm³/mol. The number of amides is 1.